The predicted octanol–water partition coefficient (Wildman–Crippen LogP) is 1.93. The van der Waals surface area contributed by atoms with Crippen LogP contribution in [0.4, 0.5) is 0 Å². The molecule has 1 unspecified atom stereocenters. The lowest BCUT2D eigenvalue weighted by molar-refractivity contribution is -0.0984. The Balaban J connectivity index is 2.79. The highest BCUT2D eigenvalue weighted by Crippen LogP contribution is 2.27. The molecule has 78 valence electrons. The number of nitrogens with zero attached hydrogens (tertiary/aromatic N) is 1. The van der Waals surface area contributed by atoms with Gasteiger partial charge in [0.2, 0.25) is 0 Å². The summed E-state index contributed by atoms with van der Waals surface area (Å²) >= 11 is 0. The number of pyridine rings is 1. The van der Waals surface area contributed by atoms with Crippen LogP contribution in [0.5, 0.6) is 0 Å². The molecule has 0 amide bonds. The number of hydrogen-bond acceptors (Lipinski definition) is 3. The summed E-state index contributed by atoms with van der Waals surface area (Å²) in [4.78, 5) is 3.96. The van der Waals surface area contributed by atoms with Gasteiger partial charge in [-0.1, -0.05) is 6.07 Å². The highest BCUT2D eigenvalue weighted by Gasteiger charge is 2.29. The van der Waals surface area contributed by atoms with Gasteiger partial charge in [-0.2, -0.15) is 0 Å². The SMILES string of the molecule is CCOC(C)(C)C(O)c1cccnc1. The molecule has 1 rings (SSSR count). The topological polar surface area (TPSA) is 42.4 Å². The number of ether oxygens (including phenoxy) is 1. The van der Waals surface area contributed by atoms with Crippen molar-refractivity contribution in [1.82, 2.24) is 4.98 Å². The minimum absolute atomic E-state index is 0.572. The third-order valence-electron chi connectivity index (χ3n) is 2.18. The number of hydrogen-bond donors (Lipinski definition) is 1. The van der Waals surface area contributed by atoms with Crippen molar-refractivity contribution in [1.29, 1.82) is 0 Å². The fourth-order valence-electron chi connectivity index (χ4n) is 1.39. The molecule has 0 saturated heterocycles. The first kappa shape index (κ1) is 11.1. The van der Waals surface area contributed by atoms with Crippen LogP contribution in [0.15, 0.2) is 24.5 Å². The van der Waals surface area contributed by atoms with Crippen molar-refractivity contribution in [3.05, 3.63) is 30.1 Å². The Labute approximate surface area is 84.7 Å². The first-order valence-electron chi connectivity index (χ1n) is 4.80. The third kappa shape index (κ3) is 2.53. The van der Waals surface area contributed by atoms with Gasteiger partial charge in [-0.15, -0.1) is 0 Å². The molecule has 1 aromatic heterocycles. The van der Waals surface area contributed by atoms with E-state index in [1.54, 1.807) is 18.5 Å². The standard InChI is InChI=1S/C11H17NO2/c1-4-14-11(2,3)10(13)9-6-5-7-12-8-9/h5-8,10,13H,4H2,1-3H3. The summed E-state index contributed by atoms with van der Waals surface area (Å²) in [6, 6.07) is 3.65. The molecule has 0 aliphatic rings. The molecule has 3 heteroatoms. The van der Waals surface area contributed by atoms with Gasteiger partial charge < -0.3 is 9.84 Å². The molecule has 14 heavy (non-hydrogen) atoms. The minimum atomic E-state index is -0.642. The zero-order valence-corrected chi connectivity index (χ0v) is 8.90. The molecule has 0 aliphatic heterocycles. The van der Waals surface area contributed by atoms with Gasteiger partial charge in [-0.3, -0.25) is 4.98 Å². The molecule has 0 aromatic carbocycles. The van der Waals surface area contributed by atoms with Gasteiger partial charge in [0, 0.05) is 24.6 Å². The summed E-state index contributed by atoms with van der Waals surface area (Å²) in [5.74, 6) is 0. The lowest BCUT2D eigenvalue weighted by atomic mass is 9.96. The fourth-order valence-corrected chi connectivity index (χ4v) is 1.39. The van der Waals surface area contributed by atoms with Crippen LogP contribution in [0.1, 0.15) is 32.4 Å². The first-order chi connectivity index (χ1) is 6.58. The maximum atomic E-state index is 10.0. The van der Waals surface area contributed by atoms with Crippen molar-refractivity contribution in [2.75, 3.05) is 6.61 Å². The number of aliphatic hydroxyl groups is 1. The van der Waals surface area contributed by atoms with Crippen molar-refractivity contribution in [3.63, 3.8) is 0 Å². The van der Waals surface area contributed by atoms with Crippen molar-refractivity contribution in [2.24, 2.45) is 0 Å². The molecule has 3 nitrogen and oxygen atoms in total. The highest BCUT2D eigenvalue weighted by atomic mass is 16.5. The van der Waals surface area contributed by atoms with E-state index in [0.29, 0.717) is 6.61 Å². The predicted molar refractivity (Wildman–Crippen MR) is 54.9 cm³/mol. The average molecular weight is 195 g/mol. The molecular formula is C11H17NO2. The van der Waals surface area contributed by atoms with Crippen LogP contribution < -0.4 is 0 Å². The smallest absolute Gasteiger partial charge is 0.109 e. The van der Waals surface area contributed by atoms with Crippen molar-refractivity contribution in [2.45, 2.75) is 32.5 Å². The number of aliphatic hydroxyl groups excluding tert-OH is 1. The van der Waals surface area contributed by atoms with E-state index >= 15 is 0 Å². The molecule has 1 heterocycles. The summed E-state index contributed by atoms with van der Waals surface area (Å²) in [5.41, 5.74) is 0.212. The van der Waals surface area contributed by atoms with Gasteiger partial charge in [0.1, 0.15) is 6.10 Å². The largest absolute Gasteiger partial charge is 0.385 e. The zero-order valence-electron chi connectivity index (χ0n) is 8.90. The second-order valence-electron chi connectivity index (χ2n) is 3.73. The second kappa shape index (κ2) is 4.53. The molecule has 0 saturated carbocycles. The van der Waals surface area contributed by atoms with Crippen molar-refractivity contribution >= 4 is 0 Å². The van der Waals surface area contributed by atoms with E-state index in [0.717, 1.165) is 5.56 Å². The Hall–Kier alpha value is -0.930. The average Bonchev–Trinajstić information content (AvgIpc) is 2.18. The summed E-state index contributed by atoms with van der Waals surface area (Å²) in [7, 11) is 0. The summed E-state index contributed by atoms with van der Waals surface area (Å²) in [6.45, 7) is 6.24. The van der Waals surface area contributed by atoms with Gasteiger partial charge in [-0.05, 0) is 26.8 Å². The van der Waals surface area contributed by atoms with E-state index in [9.17, 15) is 5.11 Å². The van der Waals surface area contributed by atoms with Crippen LogP contribution in [0.25, 0.3) is 0 Å². The van der Waals surface area contributed by atoms with E-state index in [1.165, 1.54) is 0 Å². The zero-order chi connectivity index (χ0) is 10.6. The number of aromatic nitrogens is 1. The Morgan fingerprint density at radius 3 is 2.79 bits per heavy atom. The Bertz CT molecular complexity index is 272. The van der Waals surface area contributed by atoms with Gasteiger partial charge >= 0.3 is 0 Å². The second-order valence-corrected chi connectivity index (χ2v) is 3.73. The summed E-state index contributed by atoms with van der Waals surface area (Å²) in [5, 5.41) is 10.0. The maximum absolute atomic E-state index is 10.0. The first-order valence-corrected chi connectivity index (χ1v) is 4.80. The van der Waals surface area contributed by atoms with Crippen LogP contribution in [-0.4, -0.2) is 22.3 Å². The van der Waals surface area contributed by atoms with Crippen molar-refractivity contribution in [3.8, 4) is 0 Å². The molecule has 0 spiro atoms. The molecule has 1 N–H and O–H groups in total. The maximum Gasteiger partial charge on any atom is 0.109 e. The highest BCUT2D eigenvalue weighted by molar-refractivity contribution is 5.14. The normalized spacial score (nSPS) is 14.0. The molecule has 1 aromatic rings. The number of rotatable bonds is 4. The molecule has 1 atom stereocenters. The van der Waals surface area contributed by atoms with E-state index in [1.807, 2.05) is 26.8 Å². The third-order valence-corrected chi connectivity index (χ3v) is 2.18. The molecule has 0 radical (unpaired) electrons. The van der Waals surface area contributed by atoms with Gasteiger partial charge in [0.15, 0.2) is 0 Å². The Morgan fingerprint density at radius 2 is 2.29 bits per heavy atom. The van der Waals surface area contributed by atoms with Crippen LogP contribution in [0.2, 0.25) is 0 Å². The van der Waals surface area contributed by atoms with E-state index in [-0.39, 0.29) is 0 Å². The van der Waals surface area contributed by atoms with E-state index in [2.05, 4.69) is 4.98 Å². The monoisotopic (exact) mass is 195 g/mol. The van der Waals surface area contributed by atoms with Gasteiger partial charge in [0.05, 0.1) is 5.60 Å². The Kier molecular flexibility index (Phi) is 3.61. The lowest BCUT2D eigenvalue weighted by Gasteiger charge is -2.30. The lowest BCUT2D eigenvalue weighted by Crippen LogP contribution is -2.32. The quantitative estimate of drug-likeness (QED) is 0.798. The van der Waals surface area contributed by atoms with Crippen LogP contribution in [-0.2, 0) is 4.74 Å². The molecule has 0 bridgehead atoms. The summed E-state index contributed by atoms with van der Waals surface area (Å²) in [6.07, 6.45) is 2.70. The molecular weight excluding hydrogens is 178 g/mol. The summed E-state index contributed by atoms with van der Waals surface area (Å²) < 4.78 is 5.47. The Morgan fingerprint density at radius 1 is 1.57 bits per heavy atom. The van der Waals surface area contributed by atoms with Crippen LogP contribution >= 0.6 is 0 Å². The minimum Gasteiger partial charge on any atom is -0.385 e. The van der Waals surface area contributed by atoms with Gasteiger partial charge in [-0.25, -0.2) is 0 Å². The van der Waals surface area contributed by atoms with Crippen LogP contribution in [0, 0.1) is 0 Å². The van der Waals surface area contributed by atoms with Crippen LogP contribution in [0.3, 0.4) is 0 Å². The fraction of sp³-hybridized carbons (Fsp3) is 0.545. The van der Waals surface area contributed by atoms with Crippen molar-refractivity contribution < 1.29 is 9.84 Å². The van der Waals surface area contributed by atoms with E-state index in [4.69, 9.17) is 4.74 Å². The van der Waals surface area contributed by atoms with E-state index < -0.39 is 11.7 Å². The molecule has 0 aliphatic carbocycles. The van der Waals surface area contributed by atoms with Gasteiger partial charge in [0.25, 0.3) is 0 Å². The molecule has 0 fully saturated rings.